The van der Waals surface area contributed by atoms with E-state index in [4.69, 9.17) is 4.74 Å². The Morgan fingerprint density at radius 3 is 2.52 bits per heavy atom. The summed E-state index contributed by atoms with van der Waals surface area (Å²) in [4.78, 5) is 4.23. The molecule has 124 valence electrons. The van der Waals surface area contributed by atoms with Gasteiger partial charge in [-0.05, 0) is 30.7 Å². The molecule has 0 amide bonds. The average Bonchev–Trinajstić information content (AvgIpc) is 2.55. The van der Waals surface area contributed by atoms with Crippen LogP contribution in [0.3, 0.4) is 0 Å². The number of phenolic OH excluding ortho intramolecular Hbond substituents is 1. The van der Waals surface area contributed by atoms with E-state index in [1.165, 1.54) is 44.2 Å². The molecular formula is C19H24FNO2. The summed E-state index contributed by atoms with van der Waals surface area (Å²) in [6.45, 7) is 2.89. The molecule has 2 aromatic rings. The van der Waals surface area contributed by atoms with E-state index in [0.29, 0.717) is 23.6 Å². The molecule has 0 radical (unpaired) electrons. The van der Waals surface area contributed by atoms with Crippen LogP contribution >= 0.6 is 0 Å². The maximum Gasteiger partial charge on any atom is 0.137 e. The Kier molecular flexibility index (Phi) is 6.85. The predicted octanol–water partition coefficient (Wildman–Crippen LogP) is 5.33. The number of hydrogen-bond acceptors (Lipinski definition) is 3. The lowest BCUT2D eigenvalue weighted by Gasteiger charge is -2.07. The third-order valence-corrected chi connectivity index (χ3v) is 3.73. The molecule has 3 nitrogen and oxygen atoms in total. The summed E-state index contributed by atoms with van der Waals surface area (Å²) >= 11 is 0. The van der Waals surface area contributed by atoms with Crippen molar-refractivity contribution < 1.29 is 14.2 Å². The van der Waals surface area contributed by atoms with Gasteiger partial charge in [-0.1, -0.05) is 39.0 Å². The van der Waals surface area contributed by atoms with Crippen molar-refractivity contribution in [3.05, 3.63) is 42.3 Å². The van der Waals surface area contributed by atoms with Crippen LogP contribution in [0.4, 0.5) is 4.39 Å². The van der Waals surface area contributed by atoms with Crippen molar-refractivity contribution in [2.45, 2.75) is 45.4 Å². The zero-order valence-corrected chi connectivity index (χ0v) is 13.6. The number of pyridine rings is 1. The van der Waals surface area contributed by atoms with Crippen molar-refractivity contribution in [3.63, 3.8) is 0 Å². The second kappa shape index (κ2) is 9.13. The normalized spacial score (nSPS) is 10.7. The highest BCUT2D eigenvalue weighted by atomic mass is 19.1. The molecule has 0 unspecified atom stereocenters. The SMILES string of the molecule is CCCCCCCCOc1ccc(-c2ccc(O)cc2F)nc1. The fraction of sp³-hybridized carbons (Fsp3) is 0.421. The van der Waals surface area contributed by atoms with Gasteiger partial charge in [0.15, 0.2) is 0 Å². The second-order valence-electron chi connectivity index (χ2n) is 5.66. The fourth-order valence-corrected chi connectivity index (χ4v) is 2.41. The molecule has 0 bridgehead atoms. The monoisotopic (exact) mass is 317 g/mol. The van der Waals surface area contributed by atoms with Crippen LogP contribution in [0.2, 0.25) is 0 Å². The first-order chi connectivity index (χ1) is 11.2. The highest BCUT2D eigenvalue weighted by Gasteiger charge is 2.07. The van der Waals surface area contributed by atoms with Crippen LogP contribution in [0.15, 0.2) is 36.5 Å². The summed E-state index contributed by atoms with van der Waals surface area (Å²) in [6.07, 6.45) is 8.96. The number of aromatic hydroxyl groups is 1. The van der Waals surface area contributed by atoms with Gasteiger partial charge in [0.2, 0.25) is 0 Å². The molecule has 0 fully saturated rings. The smallest absolute Gasteiger partial charge is 0.137 e. The Morgan fingerprint density at radius 2 is 1.83 bits per heavy atom. The Morgan fingerprint density at radius 1 is 1.04 bits per heavy atom. The zero-order valence-electron chi connectivity index (χ0n) is 13.6. The Hall–Kier alpha value is -2.10. The van der Waals surface area contributed by atoms with Crippen LogP contribution in [0.5, 0.6) is 11.5 Å². The molecule has 1 heterocycles. The van der Waals surface area contributed by atoms with Crippen molar-refractivity contribution >= 4 is 0 Å². The van der Waals surface area contributed by atoms with Crippen LogP contribution in [-0.4, -0.2) is 16.7 Å². The maximum absolute atomic E-state index is 13.8. The number of rotatable bonds is 9. The summed E-state index contributed by atoms with van der Waals surface area (Å²) in [5.74, 6) is 0.116. The second-order valence-corrected chi connectivity index (χ2v) is 5.66. The van der Waals surface area contributed by atoms with Crippen LogP contribution in [0.25, 0.3) is 11.3 Å². The number of benzene rings is 1. The van der Waals surface area contributed by atoms with Gasteiger partial charge < -0.3 is 9.84 Å². The number of aromatic nitrogens is 1. The molecule has 1 aromatic carbocycles. The first-order valence-electron chi connectivity index (χ1n) is 8.28. The number of nitrogens with zero attached hydrogens (tertiary/aromatic N) is 1. The Bertz CT molecular complexity index is 599. The third kappa shape index (κ3) is 5.55. The van der Waals surface area contributed by atoms with E-state index in [2.05, 4.69) is 11.9 Å². The van der Waals surface area contributed by atoms with Crippen molar-refractivity contribution in [3.8, 4) is 22.8 Å². The molecule has 4 heteroatoms. The third-order valence-electron chi connectivity index (χ3n) is 3.73. The molecule has 0 saturated heterocycles. The van der Waals surface area contributed by atoms with Crippen molar-refractivity contribution in [1.29, 1.82) is 0 Å². The first kappa shape index (κ1) is 17.3. The molecule has 0 aliphatic carbocycles. The van der Waals surface area contributed by atoms with Crippen LogP contribution in [0.1, 0.15) is 45.4 Å². The van der Waals surface area contributed by atoms with Crippen LogP contribution < -0.4 is 4.74 Å². The number of halogens is 1. The van der Waals surface area contributed by atoms with Gasteiger partial charge >= 0.3 is 0 Å². The number of ether oxygens (including phenoxy) is 1. The summed E-state index contributed by atoms with van der Waals surface area (Å²) in [5, 5.41) is 9.24. The molecule has 23 heavy (non-hydrogen) atoms. The lowest BCUT2D eigenvalue weighted by molar-refractivity contribution is 0.303. The minimum absolute atomic E-state index is 0.0925. The molecule has 2 rings (SSSR count). The van der Waals surface area contributed by atoms with E-state index in [1.54, 1.807) is 18.3 Å². The Labute approximate surface area is 137 Å². The summed E-state index contributed by atoms with van der Waals surface area (Å²) in [5.41, 5.74) is 0.889. The fourth-order valence-electron chi connectivity index (χ4n) is 2.41. The lowest BCUT2D eigenvalue weighted by atomic mass is 10.1. The highest BCUT2D eigenvalue weighted by Crippen LogP contribution is 2.25. The predicted molar refractivity (Wildman–Crippen MR) is 90.2 cm³/mol. The number of phenols is 1. The van der Waals surface area contributed by atoms with Crippen molar-refractivity contribution in [2.75, 3.05) is 6.61 Å². The summed E-state index contributed by atoms with van der Waals surface area (Å²) in [7, 11) is 0. The van der Waals surface area contributed by atoms with Crippen LogP contribution in [0, 0.1) is 5.82 Å². The largest absolute Gasteiger partial charge is 0.508 e. The topological polar surface area (TPSA) is 42.4 Å². The van der Waals surface area contributed by atoms with Crippen molar-refractivity contribution in [1.82, 2.24) is 4.98 Å². The van der Waals surface area contributed by atoms with E-state index in [9.17, 15) is 9.50 Å². The molecular weight excluding hydrogens is 293 g/mol. The molecule has 0 spiro atoms. The van der Waals surface area contributed by atoms with E-state index in [0.717, 1.165) is 12.5 Å². The molecule has 0 aliphatic heterocycles. The number of hydrogen-bond donors (Lipinski definition) is 1. The summed E-state index contributed by atoms with van der Waals surface area (Å²) in [6, 6.07) is 7.57. The lowest BCUT2D eigenvalue weighted by Crippen LogP contribution is -1.98. The summed E-state index contributed by atoms with van der Waals surface area (Å²) < 4.78 is 19.4. The zero-order chi connectivity index (χ0) is 16.5. The standard InChI is InChI=1S/C19H24FNO2/c1-2-3-4-5-6-7-12-23-16-9-11-19(21-14-16)17-10-8-15(22)13-18(17)20/h8-11,13-14,22H,2-7,12H2,1H3. The minimum atomic E-state index is -0.488. The van der Waals surface area contributed by atoms with Crippen LogP contribution in [-0.2, 0) is 0 Å². The quantitative estimate of drug-likeness (QED) is 0.635. The van der Waals surface area contributed by atoms with Gasteiger partial charge in [-0.25, -0.2) is 4.39 Å². The average molecular weight is 317 g/mol. The van der Waals surface area contributed by atoms with Crippen molar-refractivity contribution in [2.24, 2.45) is 0 Å². The van der Waals surface area contributed by atoms with E-state index in [1.807, 2.05) is 0 Å². The van der Waals surface area contributed by atoms with Gasteiger partial charge in [-0.3, -0.25) is 4.98 Å². The molecule has 0 aliphatic rings. The van der Waals surface area contributed by atoms with Gasteiger partial charge in [0, 0.05) is 11.6 Å². The van der Waals surface area contributed by atoms with Gasteiger partial charge in [-0.2, -0.15) is 0 Å². The molecule has 0 atom stereocenters. The Balaban J connectivity index is 1.80. The van der Waals surface area contributed by atoms with E-state index >= 15 is 0 Å². The minimum Gasteiger partial charge on any atom is -0.508 e. The first-order valence-corrected chi connectivity index (χ1v) is 8.28. The van der Waals surface area contributed by atoms with E-state index in [-0.39, 0.29) is 5.75 Å². The van der Waals surface area contributed by atoms with Gasteiger partial charge in [0.05, 0.1) is 18.5 Å². The van der Waals surface area contributed by atoms with Gasteiger partial charge in [-0.15, -0.1) is 0 Å². The highest BCUT2D eigenvalue weighted by molar-refractivity contribution is 5.61. The van der Waals surface area contributed by atoms with Gasteiger partial charge in [0.25, 0.3) is 0 Å². The molecule has 0 saturated carbocycles. The number of unbranched alkanes of at least 4 members (excludes halogenated alkanes) is 5. The van der Waals surface area contributed by atoms with Gasteiger partial charge in [0.1, 0.15) is 17.3 Å². The molecule has 1 N–H and O–H groups in total. The molecule has 1 aromatic heterocycles. The maximum atomic E-state index is 13.8. The van der Waals surface area contributed by atoms with E-state index < -0.39 is 5.82 Å².